The van der Waals surface area contributed by atoms with E-state index in [1.165, 1.54) is 12.0 Å². The van der Waals surface area contributed by atoms with Crippen molar-refractivity contribution in [3.8, 4) is 17.0 Å². The van der Waals surface area contributed by atoms with Gasteiger partial charge >= 0.3 is 6.03 Å². The number of hydrogen-bond acceptors (Lipinski definition) is 7. The number of amides is 4. The fourth-order valence-electron chi connectivity index (χ4n) is 4.55. The lowest BCUT2D eigenvalue weighted by Crippen LogP contribution is -2.52. The number of ether oxygens (including phenoxy) is 1. The highest BCUT2D eigenvalue weighted by Gasteiger charge is 2.53. The van der Waals surface area contributed by atoms with Crippen LogP contribution in [-0.4, -0.2) is 46.4 Å². The number of fused-ring (bicyclic) bond motifs is 2. The lowest BCUT2D eigenvalue weighted by molar-refractivity contribution is -0.125. The maximum absolute atomic E-state index is 13.2. The number of aromatic nitrogens is 2. The van der Waals surface area contributed by atoms with E-state index in [-0.39, 0.29) is 24.8 Å². The lowest BCUT2D eigenvalue weighted by Gasteiger charge is -2.29. The summed E-state index contributed by atoms with van der Waals surface area (Å²) in [6.07, 6.45) is 5.00. The number of nitrogens with one attached hydrogen (secondary N) is 2. The molecule has 4 amide bonds. The molecule has 4 aromatic rings. The first kappa shape index (κ1) is 20.8. The highest BCUT2D eigenvalue weighted by molar-refractivity contribution is 6.08. The summed E-state index contributed by atoms with van der Waals surface area (Å²) >= 11 is 0. The number of hydrogen-bond donors (Lipinski definition) is 2. The van der Waals surface area contributed by atoms with Crippen molar-refractivity contribution in [2.24, 2.45) is 0 Å². The number of methoxy groups -OCH3 is 1. The number of pyridine rings is 2. The summed E-state index contributed by atoms with van der Waals surface area (Å²) < 4.78 is 11.3. The summed E-state index contributed by atoms with van der Waals surface area (Å²) in [6.45, 7) is 0.180. The Morgan fingerprint density at radius 1 is 1.14 bits per heavy atom. The van der Waals surface area contributed by atoms with E-state index in [1.54, 1.807) is 42.9 Å². The van der Waals surface area contributed by atoms with E-state index in [1.807, 2.05) is 18.2 Å². The molecule has 6 rings (SSSR count). The first-order valence-corrected chi connectivity index (χ1v) is 10.9. The zero-order valence-corrected chi connectivity index (χ0v) is 18.6. The normalized spacial score (nSPS) is 19.1. The number of imide groups is 1. The Hall–Kier alpha value is -4.73. The fraction of sp³-hybridized carbons (Fsp3) is 0.160. The fourth-order valence-corrected chi connectivity index (χ4v) is 4.55. The molecule has 5 heterocycles. The minimum absolute atomic E-state index is 0.108. The highest BCUT2D eigenvalue weighted by atomic mass is 16.5. The van der Waals surface area contributed by atoms with Gasteiger partial charge in [-0.3, -0.25) is 24.9 Å². The molecular formula is C25H19N5O5. The molecule has 2 aliphatic heterocycles. The average Bonchev–Trinajstić information content (AvgIpc) is 3.53. The van der Waals surface area contributed by atoms with Crippen LogP contribution in [0.4, 0.5) is 4.79 Å². The molecule has 10 heteroatoms. The molecule has 0 unspecified atom stereocenters. The molecule has 3 aromatic heterocycles. The predicted octanol–water partition coefficient (Wildman–Crippen LogP) is 2.59. The number of benzene rings is 1. The molecule has 0 bridgehead atoms. The molecule has 2 N–H and O–H groups in total. The van der Waals surface area contributed by atoms with Crippen molar-refractivity contribution in [1.29, 1.82) is 0 Å². The zero-order chi connectivity index (χ0) is 24.2. The van der Waals surface area contributed by atoms with Gasteiger partial charge < -0.3 is 19.4 Å². The maximum atomic E-state index is 13.2. The van der Waals surface area contributed by atoms with Crippen molar-refractivity contribution in [3.05, 3.63) is 77.9 Å². The molecule has 1 fully saturated rings. The second-order valence-corrected chi connectivity index (χ2v) is 8.46. The second-order valence-electron chi connectivity index (χ2n) is 8.46. The van der Waals surface area contributed by atoms with Gasteiger partial charge in [-0.25, -0.2) is 4.79 Å². The van der Waals surface area contributed by atoms with Gasteiger partial charge in [-0.05, 0) is 35.9 Å². The van der Waals surface area contributed by atoms with Crippen molar-refractivity contribution in [3.63, 3.8) is 0 Å². The summed E-state index contributed by atoms with van der Waals surface area (Å²) in [5.41, 5.74) is 1.67. The molecule has 0 aliphatic carbocycles. The SMILES string of the molecule is COc1ccc2c(c1)C(=O)N(C[C@@]1(c3cc4cnc(-c5cccnc5)cc4o3)NC(=O)NC1=O)C2. The molecular weight excluding hydrogens is 450 g/mol. The maximum Gasteiger partial charge on any atom is 0.322 e. The van der Waals surface area contributed by atoms with Gasteiger partial charge in [-0.1, -0.05) is 6.07 Å². The van der Waals surface area contributed by atoms with Crippen LogP contribution >= 0.6 is 0 Å². The van der Waals surface area contributed by atoms with Gasteiger partial charge in [0.25, 0.3) is 11.8 Å². The largest absolute Gasteiger partial charge is 0.497 e. The molecule has 174 valence electrons. The van der Waals surface area contributed by atoms with Crippen molar-refractivity contribution < 1.29 is 23.5 Å². The van der Waals surface area contributed by atoms with Crippen molar-refractivity contribution in [2.45, 2.75) is 12.1 Å². The number of carbonyl (C=O) groups excluding carboxylic acids is 3. The summed E-state index contributed by atoms with van der Waals surface area (Å²) in [6, 6.07) is 11.7. The van der Waals surface area contributed by atoms with E-state index in [4.69, 9.17) is 9.15 Å². The standard InChI is InChI=1S/C25H19N5O5/c1-34-17-5-4-15-12-30(22(31)18(15)8-17)13-25(23(32)28-24(33)29-25)21-7-16-11-27-19(9-20(16)35-21)14-3-2-6-26-10-14/h2-11H,12-13H2,1H3,(H2,28,29,32,33)/t25-/m0/s1. The number of carbonyl (C=O) groups is 3. The Labute approximate surface area is 198 Å². The van der Waals surface area contributed by atoms with Crippen molar-refractivity contribution in [1.82, 2.24) is 25.5 Å². The van der Waals surface area contributed by atoms with Crippen LogP contribution < -0.4 is 15.4 Å². The quantitative estimate of drug-likeness (QED) is 0.430. The smallest absolute Gasteiger partial charge is 0.322 e. The monoisotopic (exact) mass is 469 g/mol. The van der Waals surface area contributed by atoms with Crippen LogP contribution in [0.5, 0.6) is 5.75 Å². The molecule has 1 aromatic carbocycles. The first-order valence-electron chi connectivity index (χ1n) is 10.9. The van der Waals surface area contributed by atoms with Crippen molar-refractivity contribution >= 4 is 28.8 Å². The van der Waals surface area contributed by atoms with Crippen LogP contribution in [0.1, 0.15) is 21.7 Å². The van der Waals surface area contributed by atoms with Gasteiger partial charge in [0.05, 0.1) is 19.3 Å². The summed E-state index contributed by atoms with van der Waals surface area (Å²) in [5.74, 6) is -0.0793. The molecule has 1 atom stereocenters. The summed E-state index contributed by atoms with van der Waals surface area (Å²) in [7, 11) is 1.53. The van der Waals surface area contributed by atoms with Crippen LogP contribution in [-0.2, 0) is 16.9 Å². The van der Waals surface area contributed by atoms with Gasteiger partial charge in [0.2, 0.25) is 0 Å². The third-order valence-electron chi connectivity index (χ3n) is 6.34. The molecule has 2 aliphatic rings. The topological polar surface area (TPSA) is 127 Å². The molecule has 0 spiro atoms. The predicted molar refractivity (Wildman–Crippen MR) is 123 cm³/mol. The summed E-state index contributed by atoms with van der Waals surface area (Å²) in [5, 5.41) is 5.63. The minimum Gasteiger partial charge on any atom is -0.497 e. The number of furan rings is 1. The van der Waals surface area contributed by atoms with Crippen LogP contribution in [0.15, 0.2) is 65.5 Å². The van der Waals surface area contributed by atoms with E-state index >= 15 is 0 Å². The van der Waals surface area contributed by atoms with Crippen LogP contribution in [0.3, 0.4) is 0 Å². The van der Waals surface area contributed by atoms with E-state index in [2.05, 4.69) is 20.6 Å². The van der Waals surface area contributed by atoms with Gasteiger partial charge in [0.15, 0.2) is 5.54 Å². The number of nitrogens with zero attached hydrogens (tertiary/aromatic N) is 3. The van der Waals surface area contributed by atoms with E-state index in [0.717, 1.165) is 11.1 Å². The molecule has 10 nitrogen and oxygen atoms in total. The number of urea groups is 1. The number of rotatable bonds is 5. The minimum atomic E-state index is -1.59. The third-order valence-corrected chi connectivity index (χ3v) is 6.34. The molecule has 0 radical (unpaired) electrons. The van der Waals surface area contributed by atoms with Gasteiger partial charge in [0.1, 0.15) is 17.1 Å². The first-order chi connectivity index (χ1) is 17.0. The Kier molecular flexibility index (Phi) is 4.56. The summed E-state index contributed by atoms with van der Waals surface area (Å²) in [4.78, 5) is 48.6. The molecule has 35 heavy (non-hydrogen) atoms. The van der Waals surface area contributed by atoms with Gasteiger partial charge in [-0.2, -0.15) is 0 Å². The van der Waals surface area contributed by atoms with Gasteiger partial charge in [0, 0.05) is 47.7 Å². The van der Waals surface area contributed by atoms with E-state index in [0.29, 0.717) is 28.0 Å². The molecule has 1 saturated heterocycles. The Morgan fingerprint density at radius 2 is 2.03 bits per heavy atom. The van der Waals surface area contributed by atoms with Crippen LogP contribution in [0.25, 0.3) is 22.2 Å². The lowest BCUT2D eigenvalue weighted by atomic mass is 9.95. The van der Waals surface area contributed by atoms with Crippen LogP contribution in [0, 0.1) is 0 Å². The van der Waals surface area contributed by atoms with Crippen molar-refractivity contribution in [2.75, 3.05) is 13.7 Å². The third kappa shape index (κ3) is 3.30. The van der Waals surface area contributed by atoms with Gasteiger partial charge in [-0.15, -0.1) is 0 Å². The van der Waals surface area contributed by atoms with E-state index in [9.17, 15) is 14.4 Å². The second kappa shape index (κ2) is 7.66. The Bertz CT molecular complexity index is 1520. The Balaban J connectivity index is 1.38. The highest BCUT2D eigenvalue weighted by Crippen LogP contribution is 2.35. The zero-order valence-electron chi connectivity index (χ0n) is 18.6. The van der Waals surface area contributed by atoms with E-state index < -0.39 is 17.5 Å². The molecule has 0 saturated carbocycles. The van der Waals surface area contributed by atoms with Crippen LogP contribution in [0.2, 0.25) is 0 Å². The Morgan fingerprint density at radius 3 is 2.77 bits per heavy atom. The average molecular weight is 469 g/mol.